The number of aromatic nitrogens is 1. The summed E-state index contributed by atoms with van der Waals surface area (Å²) in [6.07, 6.45) is 2.15. The number of aromatic amines is 1. The summed E-state index contributed by atoms with van der Waals surface area (Å²) in [6, 6.07) is 7.91. The fourth-order valence-corrected chi connectivity index (χ4v) is 2.71. The SMILES string of the molecule is C[Si](C)(CCl)OC(=O)Cc1c[nH]c2ccccc12. The van der Waals surface area contributed by atoms with Crippen LogP contribution in [0, 0.1) is 0 Å². The minimum absolute atomic E-state index is 0.197. The molecule has 0 saturated carbocycles. The lowest BCUT2D eigenvalue weighted by Gasteiger charge is -2.19. The summed E-state index contributed by atoms with van der Waals surface area (Å²) in [5.74, 6) is -0.197. The lowest BCUT2D eigenvalue weighted by molar-refractivity contribution is -0.134. The van der Waals surface area contributed by atoms with Gasteiger partial charge in [0.05, 0.1) is 11.9 Å². The molecule has 1 heterocycles. The molecule has 18 heavy (non-hydrogen) atoms. The van der Waals surface area contributed by atoms with Gasteiger partial charge in [-0.3, -0.25) is 4.79 Å². The summed E-state index contributed by atoms with van der Waals surface area (Å²) < 4.78 is 5.46. The second-order valence-corrected chi connectivity index (χ2v) is 9.70. The van der Waals surface area contributed by atoms with Gasteiger partial charge in [0.2, 0.25) is 0 Å². The number of hydrogen-bond donors (Lipinski definition) is 1. The Hall–Kier alpha value is -1.26. The van der Waals surface area contributed by atoms with Gasteiger partial charge in [-0.25, -0.2) is 0 Å². The molecule has 0 aliphatic rings. The molecule has 0 amide bonds. The summed E-state index contributed by atoms with van der Waals surface area (Å²) in [5, 5.41) is 1.07. The van der Waals surface area contributed by atoms with E-state index in [0.717, 1.165) is 16.5 Å². The summed E-state index contributed by atoms with van der Waals surface area (Å²) in [7, 11) is -2.04. The lowest BCUT2D eigenvalue weighted by atomic mass is 10.1. The van der Waals surface area contributed by atoms with Crippen molar-refractivity contribution in [1.29, 1.82) is 0 Å². The molecule has 2 rings (SSSR count). The number of hydrogen-bond acceptors (Lipinski definition) is 2. The van der Waals surface area contributed by atoms with Gasteiger partial charge in [0.1, 0.15) is 0 Å². The number of alkyl halides is 1. The minimum Gasteiger partial charge on any atom is -0.518 e. The van der Waals surface area contributed by atoms with E-state index in [0.29, 0.717) is 5.50 Å². The normalized spacial score (nSPS) is 11.7. The molecule has 0 radical (unpaired) electrons. The van der Waals surface area contributed by atoms with Gasteiger partial charge in [0.25, 0.3) is 14.3 Å². The topological polar surface area (TPSA) is 42.1 Å². The van der Waals surface area contributed by atoms with E-state index in [1.54, 1.807) is 0 Å². The number of benzene rings is 1. The van der Waals surface area contributed by atoms with E-state index in [9.17, 15) is 4.79 Å². The van der Waals surface area contributed by atoms with E-state index >= 15 is 0 Å². The maximum Gasteiger partial charge on any atom is 0.297 e. The highest BCUT2D eigenvalue weighted by Gasteiger charge is 2.26. The first-order valence-corrected chi connectivity index (χ1v) is 9.49. The molecule has 1 aromatic carbocycles. The molecular formula is C13H16ClNO2Si. The van der Waals surface area contributed by atoms with Crippen molar-refractivity contribution in [2.24, 2.45) is 0 Å². The highest BCUT2D eigenvalue weighted by atomic mass is 35.5. The van der Waals surface area contributed by atoms with Gasteiger partial charge in [-0.2, -0.15) is 0 Å². The Morgan fingerprint density at radius 3 is 2.83 bits per heavy atom. The average Bonchev–Trinajstić information content (AvgIpc) is 2.72. The Balaban J connectivity index is 2.12. The largest absolute Gasteiger partial charge is 0.518 e. The summed E-state index contributed by atoms with van der Waals surface area (Å²) >= 11 is 5.79. The van der Waals surface area contributed by atoms with Gasteiger partial charge >= 0.3 is 0 Å². The molecule has 0 unspecified atom stereocenters. The Morgan fingerprint density at radius 1 is 1.39 bits per heavy atom. The van der Waals surface area contributed by atoms with Gasteiger partial charge < -0.3 is 9.41 Å². The molecule has 0 atom stereocenters. The highest BCUT2D eigenvalue weighted by Crippen LogP contribution is 2.19. The van der Waals surface area contributed by atoms with Crippen LogP contribution in [0.1, 0.15) is 5.56 Å². The Labute approximate surface area is 112 Å². The number of fused-ring (bicyclic) bond motifs is 1. The third kappa shape index (κ3) is 2.94. The van der Waals surface area contributed by atoms with E-state index < -0.39 is 8.32 Å². The standard InChI is InChI=1S/C13H16ClNO2Si/c1-18(2,9-14)17-13(16)7-10-8-15-12-6-4-3-5-11(10)12/h3-6,8,15H,7,9H2,1-2H3. The molecule has 0 aliphatic heterocycles. The summed E-state index contributed by atoms with van der Waals surface area (Å²) in [6.45, 7) is 3.88. The van der Waals surface area contributed by atoms with Crippen molar-refractivity contribution in [3.63, 3.8) is 0 Å². The molecule has 0 aliphatic carbocycles. The third-order valence-corrected chi connectivity index (χ3v) is 6.08. The second kappa shape index (κ2) is 5.16. The van der Waals surface area contributed by atoms with Crippen LogP contribution in [-0.4, -0.2) is 24.8 Å². The van der Waals surface area contributed by atoms with Crippen LogP contribution in [0.15, 0.2) is 30.5 Å². The van der Waals surface area contributed by atoms with Crippen molar-refractivity contribution in [2.45, 2.75) is 19.5 Å². The number of carbonyl (C=O) groups is 1. The maximum absolute atomic E-state index is 11.9. The van der Waals surface area contributed by atoms with E-state index in [4.69, 9.17) is 16.0 Å². The van der Waals surface area contributed by atoms with Crippen molar-refractivity contribution in [3.05, 3.63) is 36.0 Å². The van der Waals surface area contributed by atoms with Crippen molar-refractivity contribution < 1.29 is 9.22 Å². The number of H-pyrrole nitrogens is 1. The number of para-hydroxylation sites is 1. The minimum atomic E-state index is -2.04. The molecule has 1 N–H and O–H groups in total. The van der Waals surface area contributed by atoms with Gasteiger partial charge in [0, 0.05) is 17.1 Å². The van der Waals surface area contributed by atoms with Crippen LogP contribution in [0.25, 0.3) is 10.9 Å². The van der Waals surface area contributed by atoms with E-state index in [-0.39, 0.29) is 12.4 Å². The van der Waals surface area contributed by atoms with Gasteiger partial charge in [-0.1, -0.05) is 18.2 Å². The zero-order valence-electron chi connectivity index (χ0n) is 10.5. The van der Waals surface area contributed by atoms with Crippen molar-refractivity contribution in [1.82, 2.24) is 4.98 Å². The van der Waals surface area contributed by atoms with Gasteiger partial charge in [-0.15, -0.1) is 11.6 Å². The van der Waals surface area contributed by atoms with Crippen LogP contribution < -0.4 is 0 Å². The Morgan fingerprint density at radius 2 is 2.11 bits per heavy atom. The third-order valence-electron chi connectivity index (χ3n) is 2.72. The molecule has 2 aromatic rings. The zero-order chi connectivity index (χ0) is 13.2. The van der Waals surface area contributed by atoms with Crippen LogP contribution in [-0.2, 0) is 15.6 Å². The van der Waals surface area contributed by atoms with Crippen LogP contribution >= 0.6 is 11.6 Å². The lowest BCUT2D eigenvalue weighted by Crippen LogP contribution is -2.36. The first kappa shape index (κ1) is 13.2. The summed E-state index contributed by atoms with van der Waals surface area (Å²) in [5.41, 5.74) is 2.43. The number of rotatable bonds is 4. The van der Waals surface area contributed by atoms with Crippen LogP contribution in [0.2, 0.25) is 13.1 Å². The number of carbonyl (C=O) groups excluding carboxylic acids is 1. The fraction of sp³-hybridized carbons (Fsp3) is 0.308. The number of halogens is 1. The zero-order valence-corrected chi connectivity index (χ0v) is 12.3. The Bertz CT molecular complexity index is 565. The molecule has 1 aromatic heterocycles. The van der Waals surface area contributed by atoms with Crippen molar-refractivity contribution in [3.8, 4) is 0 Å². The quantitative estimate of drug-likeness (QED) is 0.690. The van der Waals surface area contributed by atoms with Crippen LogP contribution in [0.4, 0.5) is 0 Å². The molecule has 0 bridgehead atoms. The molecule has 3 nitrogen and oxygen atoms in total. The van der Waals surface area contributed by atoms with E-state index in [2.05, 4.69) is 4.98 Å². The van der Waals surface area contributed by atoms with Gasteiger partial charge in [-0.05, 0) is 24.7 Å². The molecule has 96 valence electrons. The molecule has 5 heteroatoms. The van der Waals surface area contributed by atoms with Crippen LogP contribution in [0.3, 0.4) is 0 Å². The average molecular weight is 282 g/mol. The van der Waals surface area contributed by atoms with E-state index in [1.165, 1.54) is 0 Å². The maximum atomic E-state index is 11.9. The predicted molar refractivity (Wildman–Crippen MR) is 76.3 cm³/mol. The first-order valence-electron chi connectivity index (χ1n) is 5.84. The van der Waals surface area contributed by atoms with Crippen LogP contribution in [0.5, 0.6) is 0 Å². The second-order valence-electron chi connectivity index (χ2n) is 4.90. The molecular weight excluding hydrogens is 266 g/mol. The molecule has 0 spiro atoms. The van der Waals surface area contributed by atoms with Gasteiger partial charge in [0.15, 0.2) is 0 Å². The fourth-order valence-electron chi connectivity index (χ4n) is 1.80. The smallest absolute Gasteiger partial charge is 0.297 e. The molecule has 0 saturated heterocycles. The van der Waals surface area contributed by atoms with E-state index in [1.807, 2.05) is 43.6 Å². The monoisotopic (exact) mass is 281 g/mol. The molecule has 0 fully saturated rings. The number of nitrogens with one attached hydrogen (secondary N) is 1. The highest BCUT2D eigenvalue weighted by molar-refractivity contribution is 6.78. The van der Waals surface area contributed by atoms with Crippen molar-refractivity contribution >= 4 is 36.8 Å². The predicted octanol–water partition coefficient (Wildman–Crippen LogP) is 3.24. The Kier molecular flexibility index (Phi) is 3.78. The first-order chi connectivity index (χ1) is 8.52. The summed E-state index contributed by atoms with van der Waals surface area (Å²) in [4.78, 5) is 15.0. The van der Waals surface area contributed by atoms with Crippen molar-refractivity contribution in [2.75, 3.05) is 5.50 Å².